The Hall–Kier alpha value is -3.87. The van der Waals surface area contributed by atoms with Gasteiger partial charge in [-0.3, -0.25) is 24.0 Å². The lowest BCUT2D eigenvalue weighted by Gasteiger charge is -2.39. The van der Waals surface area contributed by atoms with E-state index in [-0.39, 0.29) is 29.6 Å². The maximum Gasteiger partial charge on any atom is 0.316 e. The highest BCUT2D eigenvalue weighted by atomic mass is 35.5. The van der Waals surface area contributed by atoms with E-state index in [1.165, 1.54) is 4.90 Å². The molecule has 4 aliphatic rings. The average Bonchev–Trinajstić information content (AvgIpc) is 3.82. The predicted molar refractivity (Wildman–Crippen MR) is 189 cm³/mol. The Labute approximate surface area is 299 Å². The summed E-state index contributed by atoms with van der Waals surface area (Å²) in [5.74, 6) is -2.96. The van der Waals surface area contributed by atoms with E-state index in [1.54, 1.807) is 4.90 Å². The first-order chi connectivity index (χ1) is 23.5. The van der Waals surface area contributed by atoms with Crippen LogP contribution in [-0.4, -0.2) is 102 Å². The third kappa shape index (κ3) is 8.52. The summed E-state index contributed by atoms with van der Waals surface area (Å²) in [5, 5.41) is 9.10. The fourth-order valence-electron chi connectivity index (χ4n) is 7.44. The molecule has 2 heterocycles. The van der Waals surface area contributed by atoms with Crippen LogP contribution in [0.5, 0.6) is 0 Å². The van der Waals surface area contributed by atoms with Gasteiger partial charge in [0, 0.05) is 43.4 Å². The van der Waals surface area contributed by atoms with E-state index in [1.807, 2.05) is 58.9 Å². The summed E-state index contributed by atoms with van der Waals surface area (Å²) in [5.41, 5.74) is 5.54. The van der Waals surface area contributed by atoms with E-state index in [0.29, 0.717) is 44.2 Å². The van der Waals surface area contributed by atoms with Gasteiger partial charge in [0.15, 0.2) is 0 Å². The van der Waals surface area contributed by atoms with Gasteiger partial charge in [-0.15, -0.1) is 0 Å². The van der Waals surface area contributed by atoms with Crippen molar-refractivity contribution in [3.63, 3.8) is 0 Å². The Kier molecular flexibility index (Phi) is 11.3. The summed E-state index contributed by atoms with van der Waals surface area (Å²) >= 11 is 6.18. The van der Waals surface area contributed by atoms with E-state index in [4.69, 9.17) is 17.3 Å². The lowest BCUT2D eigenvalue weighted by atomic mass is 9.73. The van der Waals surface area contributed by atoms with Crippen LogP contribution >= 0.6 is 11.6 Å². The van der Waals surface area contributed by atoms with E-state index < -0.39 is 59.1 Å². The predicted octanol–water partition coefficient (Wildman–Crippen LogP) is 2.30. The molecule has 50 heavy (non-hydrogen) atoms. The Bertz CT molecular complexity index is 1490. The molecule has 13 nitrogen and oxygen atoms in total. The molecule has 4 fully saturated rings. The fourth-order valence-corrected chi connectivity index (χ4v) is 7.63. The van der Waals surface area contributed by atoms with Gasteiger partial charge in [0.05, 0.1) is 6.04 Å². The number of nitrogens with two attached hydrogens (primary N) is 1. The number of fused-ring (bicyclic) bond motifs is 1. The number of Topliss-reactive ketones (excluding diaryl/α,β-unsaturated/α-hetero) is 1. The van der Waals surface area contributed by atoms with Crippen molar-refractivity contribution in [1.82, 2.24) is 25.8 Å². The van der Waals surface area contributed by atoms with Crippen LogP contribution in [0.25, 0.3) is 0 Å². The molecular formula is C36H52ClN7O6. The van der Waals surface area contributed by atoms with E-state index in [9.17, 15) is 28.8 Å². The molecule has 6 amide bonds. The Morgan fingerprint density at radius 1 is 0.920 bits per heavy atom. The number of anilines is 1. The zero-order valence-electron chi connectivity index (χ0n) is 29.7. The third-order valence-electron chi connectivity index (χ3n) is 10.7. The van der Waals surface area contributed by atoms with Gasteiger partial charge in [-0.25, -0.2) is 4.79 Å². The molecule has 1 unspecified atom stereocenters. The Morgan fingerprint density at radius 2 is 1.60 bits per heavy atom. The molecule has 1 aromatic carbocycles. The molecule has 5 N–H and O–H groups in total. The summed E-state index contributed by atoms with van der Waals surface area (Å²) in [6.07, 6.45) is 3.79. The molecular weight excluding hydrogens is 662 g/mol. The zero-order chi connectivity index (χ0) is 36.5. The molecule has 0 bridgehead atoms. The maximum atomic E-state index is 14.3. The van der Waals surface area contributed by atoms with Gasteiger partial charge in [0.1, 0.15) is 18.1 Å². The highest BCUT2D eigenvalue weighted by Crippen LogP contribution is 2.46. The third-order valence-corrected chi connectivity index (χ3v) is 10.9. The van der Waals surface area contributed by atoms with Gasteiger partial charge in [-0.05, 0) is 66.5 Å². The van der Waals surface area contributed by atoms with Crippen molar-refractivity contribution >= 4 is 52.7 Å². The SMILES string of the molecule is CC(C)[C@H](NC(=O)N[C@H](C(=O)N1C[C@@H]2CC[C@@H]2[C@H]1C(=O)NC(CC1CC1)C(=O)C(N)=O)C(C)(C)C)C(=O)N1CCN(c2cccc(Cl)c2)CC1. The molecule has 0 radical (unpaired) electrons. The summed E-state index contributed by atoms with van der Waals surface area (Å²) < 4.78 is 0. The maximum absolute atomic E-state index is 14.3. The van der Waals surface area contributed by atoms with Gasteiger partial charge in [0.25, 0.3) is 5.91 Å². The van der Waals surface area contributed by atoms with Crippen molar-refractivity contribution in [1.29, 1.82) is 0 Å². The number of halogens is 1. The highest BCUT2D eigenvalue weighted by Gasteiger charge is 2.54. The lowest BCUT2D eigenvalue weighted by Crippen LogP contribution is -2.62. The van der Waals surface area contributed by atoms with Crippen molar-refractivity contribution in [2.75, 3.05) is 37.6 Å². The van der Waals surface area contributed by atoms with Crippen LogP contribution < -0.4 is 26.6 Å². The number of primary amides is 1. The van der Waals surface area contributed by atoms with Gasteiger partial charge >= 0.3 is 6.03 Å². The van der Waals surface area contributed by atoms with Crippen molar-refractivity contribution in [2.24, 2.45) is 34.8 Å². The number of hydrogen-bond donors (Lipinski definition) is 4. The molecule has 5 rings (SSSR count). The molecule has 274 valence electrons. The van der Waals surface area contributed by atoms with Crippen molar-refractivity contribution < 1.29 is 28.8 Å². The quantitative estimate of drug-likeness (QED) is 0.241. The van der Waals surface area contributed by atoms with Crippen LogP contribution in [0.2, 0.25) is 5.02 Å². The normalized spacial score (nSPS) is 23.7. The number of carbonyl (C=O) groups is 6. The minimum Gasteiger partial charge on any atom is -0.368 e. The number of piperazine rings is 1. The minimum atomic E-state index is -1.10. The van der Waals surface area contributed by atoms with Crippen LogP contribution in [0, 0.1) is 29.1 Å². The highest BCUT2D eigenvalue weighted by molar-refractivity contribution is 6.37. The van der Waals surface area contributed by atoms with Crippen LogP contribution in [0.4, 0.5) is 10.5 Å². The largest absolute Gasteiger partial charge is 0.368 e. The number of rotatable bonds is 12. The van der Waals surface area contributed by atoms with Gasteiger partial charge in [-0.1, -0.05) is 65.1 Å². The van der Waals surface area contributed by atoms with Crippen LogP contribution in [0.15, 0.2) is 24.3 Å². The summed E-state index contributed by atoms with van der Waals surface area (Å²) in [6.45, 7) is 11.8. The monoisotopic (exact) mass is 713 g/mol. The topological polar surface area (TPSA) is 174 Å². The van der Waals surface area contributed by atoms with E-state index in [2.05, 4.69) is 20.9 Å². The molecule has 0 spiro atoms. The fraction of sp³-hybridized carbons (Fsp3) is 0.667. The van der Waals surface area contributed by atoms with Crippen LogP contribution in [-0.2, 0) is 24.0 Å². The van der Waals surface area contributed by atoms with E-state index in [0.717, 1.165) is 31.4 Å². The summed E-state index contributed by atoms with van der Waals surface area (Å²) in [4.78, 5) is 85.2. The molecule has 2 saturated carbocycles. The van der Waals surface area contributed by atoms with Crippen LogP contribution in [0.3, 0.4) is 0 Å². The van der Waals surface area contributed by atoms with Crippen molar-refractivity contribution in [2.45, 2.75) is 90.9 Å². The number of nitrogens with one attached hydrogen (secondary N) is 3. The average molecular weight is 714 g/mol. The zero-order valence-corrected chi connectivity index (χ0v) is 30.5. The first kappa shape index (κ1) is 37.4. The number of amides is 6. The van der Waals surface area contributed by atoms with Gasteiger partial charge in [0.2, 0.25) is 23.5 Å². The summed E-state index contributed by atoms with van der Waals surface area (Å²) in [7, 11) is 0. The number of ketones is 1. The van der Waals surface area contributed by atoms with Crippen molar-refractivity contribution in [3.05, 3.63) is 29.3 Å². The second-order valence-electron chi connectivity index (χ2n) is 15.8. The number of likely N-dealkylation sites (tertiary alicyclic amines) is 1. The van der Waals surface area contributed by atoms with E-state index >= 15 is 0 Å². The molecule has 2 aliphatic heterocycles. The first-order valence-corrected chi connectivity index (χ1v) is 18.2. The number of hydrogen-bond acceptors (Lipinski definition) is 7. The number of carbonyl (C=O) groups excluding carboxylic acids is 6. The van der Waals surface area contributed by atoms with Crippen molar-refractivity contribution in [3.8, 4) is 0 Å². The van der Waals surface area contributed by atoms with Crippen LogP contribution in [0.1, 0.15) is 66.7 Å². The first-order valence-electron chi connectivity index (χ1n) is 17.9. The second-order valence-corrected chi connectivity index (χ2v) is 16.3. The molecule has 14 heteroatoms. The number of nitrogens with zero attached hydrogens (tertiary/aromatic N) is 3. The number of urea groups is 1. The second kappa shape index (κ2) is 15.2. The minimum absolute atomic E-state index is 0.0825. The Morgan fingerprint density at radius 3 is 2.14 bits per heavy atom. The van der Waals surface area contributed by atoms with Gasteiger partial charge in [-0.2, -0.15) is 0 Å². The lowest BCUT2D eigenvalue weighted by molar-refractivity contribution is -0.144. The van der Waals surface area contributed by atoms with Gasteiger partial charge < -0.3 is 36.4 Å². The molecule has 2 saturated heterocycles. The molecule has 6 atom stereocenters. The molecule has 2 aliphatic carbocycles. The summed E-state index contributed by atoms with van der Waals surface area (Å²) in [6, 6.07) is 3.23. The smallest absolute Gasteiger partial charge is 0.316 e. The molecule has 1 aromatic rings. The number of benzene rings is 1. The molecule has 0 aromatic heterocycles. The standard InChI is InChI=1S/C36H52ClN7O6/c1-20(2)27(33(48)43-15-13-42(14-16-43)24-8-6-7-23(37)18-24)40-35(50)41-30(36(3,4)5)34(49)44-19-22-11-12-25(22)28(44)32(47)39-26(17-21-9-10-21)29(45)31(38)46/h6-8,18,20-22,25-28,30H,9-17,19H2,1-5H3,(H2,38,46)(H,39,47)(H2,40,41,50)/t22-,25-,26?,27-,28-,30+/m0/s1. The Balaban J connectivity index is 1.24.